The second kappa shape index (κ2) is 9.87. The van der Waals surface area contributed by atoms with Crippen molar-refractivity contribution in [2.45, 2.75) is 26.8 Å². The number of amides is 2. The number of ether oxygens (including phenoxy) is 1. The number of carbonyl (C=O) groups is 1. The van der Waals surface area contributed by atoms with E-state index in [2.05, 4.69) is 70.4 Å². The quantitative estimate of drug-likeness (QED) is 0.482. The molecule has 0 saturated carbocycles. The minimum Gasteiger partial charge on any atom is -0.453 e. The van der Waals surface area contributed by atoms with E-state index < -0.39 is 5.76 Å². The number of hydrogen-bond donors (Lipinski definition) is 3. The summed E-state index contributed by atoms with van der Waals surface area (Å²) in [6.45, 7) is 10.4. The highest BCUT2D eigenvalue weighted by atomic mass is 16.5. The first-order valence-corrected chi connectivity index (χ1v) is 12.4. The Balaban J connectivity index is 1.29. The molecule has 0 radical (unpaired) electrons. The number of pyridine rings is 1. The Morgan fingerprint density at radius 1 is 1.16 bits per heavy atom. The maximum atomic E-state index is 13.0. The molecule has 3 N–H and O–H groups in total. The molecule has 194 valence electrons. The molecule has 3 aromatic rings. The molecule has 1 atom stereocenters. The Morgan fingerprint density at radius 3 is 2.70 bits per heavy atom. The molecule has 1 saturated heterocycles. The second-order valence-electron chi connectivity index (χ2n) is 10.5. The van der Waals surface area contributed by atoms with Crippen LogP contribution in [0, 0.1) is 5.41 Å². The molecule has 1 fully saturated rings. The van der Waals surface area contributed by atoms with Crippen LogP contribution in [0.2, 0.25) is 0 Å². The van der Waals surface area contributed by atoms with Gasteiger partial charge in [0.1, 0.15) is 5.75 Å². The summed E-state index contributed by atoms with van der Waals surface area (Å²) >= 11 is 0. The smallest absolute Gasteiger partial charge is 0.418 e. The number of hydrogen-bond acceptors (Lipinski definition) is 7. The van der Waals surface area contributed by atoms with Gasteiger partial charge in [-0.15, -0.1) is 0 Å². The molecule has 10 nitrogen and oxygen atoms in total. The molecule has 37 heavy (non-hydrogen) atoms. The van der Waals surface area contributed by atoms with Crippen molar-refractivity contribution in [2.75, 3.05) is 38.5 Å². The van der Waals surface area contributed by atoms with Gasteiger partial charge in [-0.2, -0.15) is 0 Å². The summed E-state index contributed by atoms with van der Waals surface area (Å²) in [7, 11) is 2.13. The molecule has 1 aromatic carbocycles. The van der Waals surface area contributed by atoms with Crippen LogP contribution in [0.4, 0.5) is 10.5 Å². The zero-order chi connectivity index (χ0) is 26.2. The normalized spacial score (nSPS) is 19.0. The fourth-order valence-electron chi connectivity index (χ4n) is 4.51. The molecule has 1 aliphatic carbocycles. The number of urea groups is 1. The third-order valence-corrected chi connectivity index (χ3v) is 6.63. The predicted octanol–water partition coefficient (Wildman–Crippen LogP) is 3.92. The van der Waals surface area contributed by atoms with E-state index in [0.717, 1.165) is 31.9 Å². The van der Waals surface area contributed by atoms with E-state index in [0.29, 0.717) is 22.8 Å². The lowest BCUT2D eigenvalue weighted by Gasteiger charge is -2.36. The lowest BCUT2D eigenvalue weighted by molar-refractivity contribution is 0.140. The maximum absolute atomic E-state index is 13.0. The van der Waals surface area contributed by atoms with Crippen molar-refractivity contribution in [3.05, 3.63) is 70.5 Å². The van der Waals surface area contributed by atoms with E-state index in [1.807, 2.05) is 0 Å². The minimum absolute atomic E-state index is 0.0204. The van der Waals surface area contributed by atoms with Gasteiger partial charge in [0.2, 0.25) is 5.58 Å². The highest BCUT2D eigenvalue weighted by molar-refractivity contribution is 5.91. The van der Waals surface area contributed by atoms with Crippen molar-refractivity contribution in [1.82, 2.24) is 25.1 Å². The van der Waals surface area contributed by atoms with E-state index in [1.54, 1.807) is 30.3 Å². The average Bonchev–Trinajstić information content (AvgIpc) is 3.43. The standard InChI is InChI=1S/C27H32N6O4/c1-27(2,3)17-14-20(21(15-17)33-12-10-32(4)11-13-33)30-25(34)29-18-6-5-7-19(16-18)36-22-8-9-28-24-23(22)37-26(35)31-24/h5-9,14-16,21H,10-13H2,1-4H3,(H,28,31,35)(H2,29,30,34). The summed E-state index contributed by atoms with van der Waals surface area (Å²) in [5.74, 6) is 0.212. The molecule has 2 aliphatic rings. The number of piperazine rings is 1. The molecule has 1 aliphatic heterocycles. The Kier molecular flexibility index (Phi) is 6.61. The van der Waals surface area contributed by atoms with Crippen LogP contribution in [0.25, 0.3) is 11.2 Å². The second-order valence-corrected chi connectivity index (χ2v) is 10.5. The summed E-state index contributed by atoms with van der Waals surface area (Å²) in [4.78, 5) is 35.9. The van der Waals surface area contributed by atoms with Crippen LogP contribution in [0.3, 0.4) is 0 Å². The minimum atomic E-state index is -0.606. The number of aromatic amines is 1. The predicted molar refractivity (Wildman–Crippen MR) is 142 cm³/mol. The zero-order valence-corrected chi connectivity index (χ0v) is 21.5. The number of likely N-dealkylation sites (N-methyl/N-ethyl adjacent to an activating group) is 1. The van der Waals surface area contributed by atoms with Crippen molar-refractivity contribution in [3.8, 4) is 11.5 Å². The molecule has 1 unspecified atom stereocenters. The van der Waals surface area contributed by atoms with Gasteiger partial charge in [0.05, 0.1) is 6.04 Å². The topological polar surface area (TPSA) is 116 Å². The summed E-state index contributed by atoms with van der Waals surface area (Å²) in [5.41, 5.74) is 3.17. The number of aromatic nitrogens is 2. The SMILES string of the molecule is CN1CCN(C2C=C(C(C)(C)C)C=C2NC(=O)Nc2cccc(Oc3ccnc4[nH]c(=O)oc34)c2)CC1. The van der Waals surface area contributed by atoms with E-state index in [9.17, 15) is 9.59 Å². The van der Waals surface area contributed by atoms with E-state index >= 15 is 0 Å². The number of carbonyl (C=O) groups excluding carboxylic acids is 1. The van der Waals surface area contributed by atoms with Gasteiger partial charge in [0.15, 0.2) is 11.4 Å². The van der Waals surface area contributed by atoms with Gasteiger partial charge >= 0.3 is 11.8 Å². The van der Waals surface area contributed by atoms with Crippen LogP contribution in [0.5, 0.6) is 11.5 Å². The van der Waals surface area contributed by atoms with Crippen molar-refractivity contribution in [3.63, 3.8) is 0 Å². The fraction of sp³-hybridized carbons (Fsp3) is 0.370. The Hall–Kier alpha value is -3.89. The average molecular weight is 505 g/mol. The van der Waals surface area contributed by atoms with Crippen LogP contribution < -0.4 is 21.1 Å². The summed E-state index contributed by atoms with van der Waals surface area (Å²) in [6.07, 6.45) is 5.89. The van der Waals surface area contributed by atoms with Gasteiger partial charge in [-0.3, -0.25) is 9.88 Å². The monoisotopic (exact) mass is 504 g/mol. The molecular weight excluding hydrogens is 472 g/mol. The van der Waals surface area contributed by atoms with E-state index in [1.165, 1.54) is 11.8 Å². The van der Waals surface area contributed by atoms with Gasteiger partial charge in [-0.25, -0.2) is 14.6 Å². The molecule has 2 aromatic heterocycles. The number of rotatable bonds is 5. The van der Waals surface area contributed by atoms with Crippen LogP contribution in [-0.4, -0.2) is 65.1 Å². The van der Waals surface area contributed by atoms with Gasteiger partial charge in [0, 0.05) is 55.9 Å². The third kappa shape index (κ3) is 5.60. The first-order valence-electron chi connectivity index (χ1n) is 12.4. The first-order chi connectivity index (χ1) is 17.7. The summed E-state index contributed by atoms with van der Waals surface area (Å²) < 4.78 is 11.1. The number of oxazole rings is 1. The molecule has 2 amide bonds. The highest BCUT2D eigenvalue weighted by Crippen LogP contribution is 2.34. The third-order valence-electron chi connectivity index (χ3n) is 6.63. The Morgan fingerprint density at radius 2 is 1.95 bits per heavy atom. The van der Waals surface area contributed by atoms with Crippen LogP contribution >= 0.6 is 0 Å². The molecule has 5 rings (SSSR count). The molecule has 10 heteroatoms. The number of nitrogens with zero attached hydrogens (tertiary/aromatic N) is 3. The highest BCUT2D eigenvalue weighted by Gasteiger charge is 2.31. The van der Waals surface area contributed by atoms with Crippen molar-refractivity contribution >= 4 is 22.9 Å². The van der Waals surface area contributed by atoms with E-state index in [4.69, 9.17) is 9.15 Å². The molecule has 3 heterocycles. The number of anilines is 1. The Labute approximate surface area is 215 Å². The Bertz CT molecular complexity index is 1420. The molecular formula is C27H32N6O4. The number of nitrogens with one attached hydrogen (secondary N) is 3. The van der Waals surface area contributed by atoms with Crippen LogP contribution in [0.15, 0.2) is 69.2 Å². The maximum Gasteiger partial charge on any atom is 0.418 e. The molecule has 0 spiro atoms. The number of fused-ring (bicyclic) bond motifs is 1. The van der Waals surface area contributed by atoms with E-state index in [-0.39, 0.29) is 23.1 Å². The summed E-state index contributed by atoms with van der Waals surface area (Å²) in [5, 5.41) is 5.99. The first kappa shape index (κ1) is 24.8. The molecule has 0 bridgehead atoms. The van der Waals surface area contributed by atoms with Gasteiger partial charge < -0.3 is 24.7 Å². The zero-order valence-electron chi connectivity index (χ0n) is 21.5. The van der Waals surface area contributed by atoms with Gasteiger partial charge in [0.25, 0.3) is 0 Å². The largest absolute Gasteiger partial charge is 0.453 e. The lowest BCUT2D eigenvalue weighted by Crippen LogP contribution is -2.50. The van der Waals surface area contributed by atoms with Crippen LogP contribution in [-0.2, 0) is 0 Å². The number of allylic oxidation sites excluding steroid dienone is 2. The number of benzene rings is 1. The fourth-order valence-corrected chi connectivity index (χ4v) is 4.51. The lowest BCUT2D eigenvalue weighted by atomic mass is 9.87. The van der Waals surface area contributed by atoms with Gasteiger partial charge in [-0.05, 0) is 36.2 Å². The van der Waals surface area contributed by atoms with Crippen molar-refractivity contribution in [1.29, 1.82) is 0 Å². The summed E-state index contributed by atoms with van der Waals surface area (Å²) in [6, 6.07) is 8.33. The number of H-pyrrole nitrogens is 1. The van der Waals surface area contributed by atoms with Crippen LogP contribution in [0.1, 0.15) is 20.8 Å². The van der Waals surface area contributed by atoms with Gasteiger partial charge in [-0.1, -0.05) is 32.9 Å². The van der Waals surface area contributed by atoms with Crippen molar-refractivity contribution in [2.24, 2.45) is 5.41 Å². The van der Waals surface area contributed by atoms with Crippen molar-refractivity contribution < 1.29 is 13.9 Å².